The highest BCUT2D eigenvalue weighted by molar-refractivity contribution is 5.37. The van der Waals surface area contributed by atoms with Gasteiger partial charge in [0.05, 0.1) is 19.3 Å². The molecular weight excluding hydrogens is 245 g/mol. The van der Waals surface area contributed by atoms with Crippen molar-refractivity contribution in [2.24, 2.45) is 5.73 Å². The predicted molar refractivity (Wildman–Crippen MR) is 71.6 cm³/mol. The fourth-order valence-corrected chi connectivity index (χ4v) is 2.20. The van der Waals surface area contributed by atoms with Gasteiger partial charge in [0, 0.05) is 6.54 Å². The molecule has 0 spiro atoms. The Kier molecular flexibility index (Phi) is 3.85. The van der Waals surface area contributed by atoms with E-state index in [-0.39, 0.29) is 5.82 Å². The number of hydrogen-bond acceptors (Lipinski definition) is 3. The standard InChI is InChI=1S/C14H18FN3O/c1-4-18-14(12(19-3)8-17-18)13(16)10-5-9(2)6-11(15)7-10/h5-8,13H,4,16H2,1-3H3. The van der Waals surface area contributed by atoms with Gasteiger partial charge in [-0.05, 0) is 37.1 Å². The molecule has 0 saturated carbocycles. The van der Waals surface area contributed by atoms with Crippen LogP contribution >= 0.6 is 0 Å². The minimum Gasteiger partial charge on any atom is -0.493 e. The lowest BCUT2D eigenvalue weighted by Crippen LogP contribution is -2.18. The zero-order valence-corrected chi connectivity index (χ0v) is 11.4. The maximum absolute atomic E-state index is 13.5. The van der Waals surface area contributed by atoms with Crippen molar-refractivity contribution in [1.82, 2.24) is 9.78 Å². The Morgan fingerprint density at radius 3 is 2.74 bits per heavy atom. The van der Waals surface area contributed by atoms with E-state index in [0.29, 0.717) is 17.9 Å². The van der Waals surface area contributed by atoms with E-state index in [1.54, 1.807) is 18.0 Å². The molecule has 0 amide bonds. The monoisotopic (exact) mass is 263 g/mol. The third kappa shape index (κ3) is 2.61. The average molecular weight is 263 g/mol. The Labute approximate surface area is 112 Å². The normalized spacial score (nSPS) is 12.5. The van der Waals surface area contributed by atoms with Crippen molar-refractivity contribution < 1.29 is 9.13 Å². The lowest BCUT2D eigenvalue weighted by molar-refractivity contribution is 0.404. The third-order valence-corrected chi connectivity index (χ3v) is 3.08. The number of nitrogens with two attached hydrogens (primary N) is 1. The fourth-order valence-electron chi connectivity index (χ4n) is 2.20. The highest BCUT2D eigenvalue weighted by Gasteiger charge is 2.20. The number of aromatic nitrogens is 2. The Hall–Kier alpha value is -1.88. The number of methoxy groups -OCH3 is 1. The molecule has 1 aromatic heterocycles. The number of halogens is 1. The predicted octanol–water partition coefficient (Wildman–Crippen LogP) is 2.41. The van der Waals surface area contributed by atoms with E-state index in [0.717, 1.165) is 11.3 Å². The summed E-state index contributed by atoms with van der Waals surface area (Å²) in [7, 11) is 1.57. The van der Waals surface area contributed by atoms with Crippen molar-refractivity contribution in [3.63, 3.8) is 0 Å². The molecule has 0 bridgehead atoms. The molecule has 102 valence electrons. The molecule has 0 fully saturated rings. The quantitative estimate of drug-likeness (QED) is 0.921. The van der Waals surface area contributed by atoms with Crippen LogP contribution in [-0.4, -0.2) is 16.9 Å². The molecule has 1 unspecified atom stereocenters. The molecule has 19 heavy (non-hydrogen) atoms. The molecule has 2 N–H and O–H groups in total. The molecule has 0 aliphatic heterocycles. The topological polar surface area (TPSA) is 53.1 Å². The van der Waals surface area contributed by atoms with Crippen molar-refractivity contribution in [2.75, 3.05) is 7.11 Å². The van der Waals surface area contributed by atoms with Gasteiger partial charge in [-0.3, -0.25) is 4.68 Å². The summed E-state index contributed by atoms with van der Waals surface area (Å²) in [5, 5.41) is 4.21. The van der Waals surface area contributed by atoms with E-state index in [1.807, 2.05) is 19.9 Å². The molecular formula is C14H18FN3O. The minimum atomic E-state index is -0.466. The number of rotatable bonds is 4. The van der Waals surface area contributed by atoms with Gasteiger partial charge in [-0.25, -0.2) is 4.39 Å². The molecule has 2 aromatic rings. The van der Waals surface area contributed by atoms with Crippen LogP contribution < -0.4 is 10.5 Å². The van der Waals surface area contributed by atoms with Crippen LogP contribution in [0.25, 0.3) is 0 Å². The third-order valence-electron chi connectivity index (χ3n) is 3.08. The van der Waals surface area contributed by atoms with Crippen molar-refractivity contribution in [3.8, 4) is 5.75 Å². The second-order valence-corrected chi connectivity index (χ2v) is 4.45. The van der Waals surface area contributed by atoms with Gasteiger partial charge in [-0.1, -0.05) is 6.07 Å². The van der Waals surface area contributed by atoms with Crippen LogP contribution in [0, 0.1) is 12.7 Å². The molecule has 1 heterocycles. The zero-order valence-electron chi connectivity index (χ0n) is 11.4. The molecule has 5 heteroatoms. The van der Waals surface area contributed by atoms with Crippen molar-refractivity contribution >= 4 is 0 Å². The van der Waals surface area contributed by atoms with Crippen molar-refractivity contribution in [2.45, 2.75) is 26.4 Å². The Balaban J connectivity index is 2.48. The van der Waals surface area contributed by atoms with E-state index < -0.39 is 6.04 Å². The summed E-state index contributed by atoms with van der Waals surface area (Å²) in [6.45, 7) is 4.49. The molecule has 1 atom stereocenters. The van der Waals surface area contributed by atoms with Crippen LogP contribution in [0.5, 0.6) is 5.75 Å². The van der Waals surface area contributed by atoms with Gasteiger partial charge in [0.2, 0.25) is 0 Å². The van der Waals surface area contributed by atoms with Gasteiger partial charge < -0.3 is 10.5 Å². The van der Waals surface area contributed by atoms with Gasteiger partial charge >= 0.3 is 0 Å². The van der Waals surface area contributed by atoms with E-state index in [9.17, 15) is 4.39 Å². The Morgan fingerprint density at radius 1 is 1.42 bits per heavy atom. The molecule has 4 nitrogen and oxygen atoms in total. The zero-order chi connectivity index (χ0) is 14.0. The lowest BCUT2D eigenvalue weighted by atomic mass is 10.0. The van der Waals surface area contributed by atoms with Crippen LogP contribution in [0.4, 0.5) is 4.39 Å². The fraction of sp³-hybridized carbons (Fsp3) is 0.357. The highest BCUT2D eigenvalue weighted by atomic mass is 19.1. The molecule has 0 aliphatic rings. The summed E-state index contributed by atoms with van der Waals surface area (Å²) in [4.78, 5) is 0. The van der Waals surface area contributed by atoms with Gasteiger partial charge in [0.15, 0.2) is 5.75 Å². The number of aryl methyl sites for hydroxylation is 2. The number of ether oxygens (including phenoxy) is 1. The van der Waals surface area contributed by atoms with E-state index >= 15 is 0 Å². The molecule has 0 radical (unpaired) electrons. The second kappa shape index (κ2) is 5.40. The number of nitrogens with zero attached hydrogens (tertiary/aromatic N) is 2. The lowest BCUT2D eigenvalue weighted by Gasteiger charge is -2.16. The van der Waals surface area contributed by atoms with Crippen LogP contribution in [0.2, 0.25) is 0 Å². The molecule has 0 saturated heterocycles. The minimum absolute atomic E-state index is 0.285. The van der Waals surface area contributed by atoms with Crippen molar-refractivity contribution in [1.29, 1.82) is 0 Å². The van der Waals surface area contributed by atoms with Crippen LogP contribution in [0.1, 0.15) is 29.8 Å². The van der Waals surface area contributed by atoms with Gasteiger partial charge in [0.1, 0.15) is 11.5 Å². The van der Waals surface area contributed by atoms with Gasteiger partial charge in [-0.15, -0.1) is 0 Å². The summed E-state index contributed by atoms with van der Waals surface area (Å²) >= 11 is 0. The first-order chi connectivity index (χ1) is 9.06. The Morgan fingerprint density at radius 2 is 2.16 bits per heavy atom. The van der Waals surface area contributed by atoms with Crippen LogP contribution in [-0.2, 0) is 6.54 Å². The van der Waals surface area contributed by atoms with E-state index in [2.05, 4.69) is 5.10 Å². The number of hydrogen-bond donors (Lipinski definition) is 1. The smallest absolute Gasteiger partial charge is 0.161 e. The highest BCUT2D eigenvalue weighted by Crippen LogP contribution is 2.29. The first-order valence-corrected chi connectivity index (χ1v) is 6.19. The molecule has 1 aromatic carbocycles. The summed E-state index contributed by atoms with van der Waals surface area (Å²) in [5.74, 6) is 0.336. The van der Waals surface area contributed by atoms with E-state index in [1.165, 1.54) is 12.1 Å². The Bertz CT molecular complexity index is 538. The maximum atomic E-state index is 13.5. The van der Waals surface area contributed by atoms with Crippen LogP contribution in [0.15, 0.2) is 24.4 Å². The largest absolute Gasteiger partial charge is 0.493 e. The first kappa shape index (κ1) is 13.5. The second-order valence-electron chi connectivity index (χ2n) is 4.45. The SMILES string of the molecule is CCn1ncc(OC)c1C(N)c1cc(C)cc(F)c1. The van der Waals surface area contributed by atoms with Crippen LogP contribution in [0.3, 0.4) is 0 Å². The summed E-state index contributed by atoms with van der Waals surface area (Å²) in [6.07, 6.45) is 1.63. The van der Waals surface area contributed by atoms with Gasteiger partial charge in [-0.2, -0.15) is 5.10 Å². The number of benzene rings is 1. The van der Waals surface area contributed by atoms with Gasteiger partial charge in [0.25, 0.3) is 0 Å². The average Bonchev–Trinajstić information content (AvgIpc) is 2.79. The summed E-state index contributed by atoms with van der Waals surface area (Å²) < 4.78 is 20.5. The molecule has 0 aliphatic carbocycles. The van der Waals surface area contributed by atoms with Crippen molar-refractivity contribution in [3.05, 3.63) is 47.0 Å². The first-order valence-electron chi connectivity index (χ1n) is 6.19. The summed E-state index contributed by atoms with van der Waals surface area (Å²) in [5.41, 5.74) is 8.56. The summed E-state index contributed by atoms with van der Waals surface area (Å²) in [6, 6.07) is 4.33. The van der Waals surface area contributed by atoms with E-state index in [4.69, 9.17) is 10.5 Å². The maximum Gasteiger partial charge on any atom is 0.161 e. The molecule has 2 rings (SSSR count).